The van der Waals surface area contributed by atoms with Crippen LogP contribution in [0, 0.1) is 11.3 Å². The van der Waals surface area contributed by atoms with Gasteiger partial charge in [0.2, 0.25) is 5.60 Å². The van der Waals surface area contributed by atoms with Crippen molar-refractivity contribution in [1.82, 2.24) is 14.8 Å². The number of nitrogens with zero attached hydrogens (tertiary/aromatic N) is 3. The molecule has 5 aliphatic heterocycles. The highest BCUT2D eigenvalue weighted by Crippen LogP contribution is 2.68. The molecule has 2 bridgehead atoms. The number of benzene rings is 2. The molecular formula is C44H52N4O8. The normalized spacial score (nSPS) is 35.3. The molecule has 56 heavy (non-hydrogen) atoms. The Kier molecular flexibility index (Phi) is 8.37. The van der Waals surface area contributed by atoms with Gasteiger partial charge in [-0.25, -0.2) is 4.79 Å². The van der Waals surface area contributed by atoms with E-state index in [4.69, 9.17) is 18.9 Å². The van der Waals surface area contributed by atoms with Crippen LogP contribution in [0.5, 0.6) is 5.75 Å². The first-order chi connectivity index (χ1) is 26.8. The van der Waals surface area contributed by atoms with E-state index in [0.717, 1.165) is 46.5 Å². The molecule has 1 saturated carbocycles. The smallest absolute Gasteiger partial charge is 0.344 e. The van der Waals surface area contributed by atoms with E-state index in [0.29, 0.717) is 50.2 Å². The summed E-state index contributed by atoms with van der Waals surface area (Å²) in [5.74, 6) is -1.33. The van der Waals surface area contributed by atoms with Crippen molar-refractivity contribution in [2.75, 3.05) is 59.5 Å². The SMILES string of the molecule is CC[C@]12C=CCN3CC[C@@]4(c5cc([C@@]6(C(=O)OC)CC7C=C(C)CN(Cc8c6[nH]c6ccccc86)C7)c(OC)cc5N(C)[C@H]4[C@@](O)(C(=O)OC)[C@@H]1OC(C)=O)[C@H]32. The summed E-state index contributed by atoms with van der Waals surface area (Å²) in [4.78, 5) is 53.0. The third kappa shape index (κ3) is 4.54. The largest absolute Gasteiger partial charge is 0.496 e. The van der Waals surface area contributed by atoms with Crippen LogP contribution in [0.1, 0.15) is 62.4 Å². The molecule has 0 radical (unpaired) electrons. The second kappa shape index (κ2) is 12.7. The van der Waals surface area contributed by atoms with Crippen molar-refractivity contribution in [3.05, 3.63) is 82.6 Å². The Morgan fingerprint density at radius 1 is 1.02 bits per heavy atom. The van der Waals surface area contributed by atoms with Gasteiger partial charge in [0.25, 0.3) is 0 Å². The molecule has 1 aromatic heterocycles. The Morgan fingerprint density at radius 3 is 2.50 bits per heavy atom. The van der Waals surface area contributed by atoms with Crippen molar-refractivity contribution in [2.24, 2.45) is 11.3 Å². The van der Waals surface area contributed by atoms with Gasteiger partial charge in [0.05, 0.1) is 27.4 Å². The van der Waals surface area contributed by atoms with Gasteiger partial charge in [0.15, 0.2) is 6.10 Å². The van der Waals surface area contributed by atoms with E-state index < -0.39 is 51.9 Å². The number of hydrogen-bond acceptors (Lipinski definition) is 11. The van der Waals surface area contributed by atoms with Gasteiger partial charge in [0.1, 0.15) is 11.2 Å². The quantitative estimate of drug-likeness (QED) is 0.211. The number of aliphatic hydroxyl groups is 1. The molecule has 12 heteroatoms. The Labute approximate surface area is 327 Å². The Bertz CT molecular complexity index is 2230. The highest BCUT2D eigenvalue weighted by molar-refractivity contribution is 5.95. The Hall–Kier alpha value is -4.65. The monoisotopic (exact) mass is 764 g/mol. The summed E-state index contributed by atoms with van der Waals surface area (Å²) < 4.78 is 23.8. The minimum Gasteiger partial charge on any atom is -0.496 e. The van der Waals surface area contributed by atoms with Crippen LogP contribution in [0.3, 0.4) is 0 Å². The molecule has 9 atom stereocenters. The average molecular weight is 765 g/mol. The van der Waals surface area contributed by atoms with Crippen molar-refractivity contribution >= 4 is 34.5 Å². The predicted molar refractivity (Wildman–Crippen MR) is 209 cm³/mol. The first-order valence-corrected chi connectivity index (χ1v) is 19.8. The van der Waals surface area contributed by atoms with Gasteiger partial charge < -0.3 is 33.9 Å². The highest BCUT2D eigenvalue weighted by atomic mass is 16.6. The number of H-pyrrole nitrogens is 1. The second-order valence-corrected chi connectivity index (χ2v) is 17.0. The standard InChI is InChI=1S/C44H52N4O8/c1-8-41-14-11-16-48-17-15-42(36(41)48)30-19-31(34(53-5)20-33(30)46(4)37(42)44(52,40(51)55-7)38(41)56-26(3)49)43(39(50)54-6)21-27-18-25(2)22-47(23-27)24-29-28-12-9-10-13-32(28)45-35(29)43/h9-14,18-20,27,36-38,45,52H,8,15-17,21-24H2,1-7H3/t27?,36-,37-,38-,41-,42-,43+,44+/m1/s1. The number of ether oxygens (including phenoxy) is 4. The lowest BCUT2D eigenvalue weighted by Gasteiger charge is -2.63. The molecule has 2 N–H and O–H groups in total. The van der Waals surface area contributed by atoms with Crippen LogP contribution < -0.4 is 9.64 Å². The van der Waals surface area contributed by atoms with Gasteiger partial charge in [-0.3, -0.25) is 19.4 Å². The zero-order valence-electron chi connectivity index (χ0n) is 33.3. The number of esters is 3. The van der Waals surface area contributed by atoms with E-state index in [1.165, 1.54) is 26.7 Å². The summed E-state index contributed by atoms with van der Waals surface area (Å²) in [6.07, 6.45) is 6.69. The molecule has 12 nitrogen and oxygen atoms in total. The number of carbonyl (C=O) groups excluding carboxylic acids is 3. The molecule has 1 spiro atoms. The van der Waals surface area contributed by atoms with E-state index in [-0.39, 0.29) is 12.0 Å². The topological polar surface area (TPSA) is 134 Å². The number of para-hydroxylation sites is 1. The van der Waals surface area contributed by atoms with Crippen molar-refractivity contribution in [2.45, 2.75) is 81.2 Å². The Balaban J connectivity index is 1.37. The number of carbonyl (C=O) groups is 3. The molecule has 0 amide bonds. The molecule has 2 aromatic carbocycles. The van der Waals surface area contributed by atoms with Gasteiger partial charge >= 0.3 is 17.9 Å². The third-order valence-corrected chi connectivity index (χ3v) is 14.4. The molecule has 6 aliphatic rings. The number of aromatic amines is 1. The minimum absolute atomic E-state index is 0.0238. The minimum atomic E-state index is -2.27. The summed E-state index contributed by atoms with van der Waals surface area (Å²) in [7, 11) is 6.21. The van der Waals surface area contributed by atoms with Crippen LogP contribution in [0.2, 0.25) is 0 Å². The number of fused-ring (bicyclic) bond motifs is 6. The van der Waals surface area contributed by atoms with Crippen LogP contribution in [0.4, 0.5) is 5.69 Å². The molecule has 2 fully saturated rings. The van der Waals surface area contributed by atoms with Crippen molar-refractivity contribution in [3.8, 4) is 5.75 Å². The molecule has 3 aromatic rings. The van der Waals surface area contributed by atoms with E-state index >= 15 is 4.79 Å². The lowest BCUT2D eigenvalue weighted by molar-refractivity contribution is -0.228. The van der Waals surface area contributed by atoms with E-state index in [2.05, 4.69) is 58.1 Å². The van der Waals surface area contributed by atoms with Crippen LogP contribution in [-0.2, 0) is 46.0 Å². The van der Waals surface area contributed by atoms with Crippen molar-refractivity contribution < 1.29 is 38.4 Å². The Morgan fingerprint density at radius 2 is 1.79 bits per heavy atom. The van der Waals surface area contributed by atoms with Crippen LogP contribution in [-0.4, -0.2) is 116 Å². The molecule has 6 heterocycles. The summed E-state index contributed by atoms with van der Waals surface area (Å²) in [6.45, 7) is 9.12. The molecule has 1 saturated heterocycles. The average Bonchev–Trinajstić information content (AvgIpc) is 3.84. The number of likely N-dealkylation sites (N-methyl/N-ethyl adjacent to an activating group) is 1. The first-order valence-electron chi connectivity index (χ1n) is 19.8. The summed E-state index contributed by atoms with van der Waals surface area (Å²) in [5, 5.41) is 14.3. The molecule has 296 valence electrons. The van der Waals surface area contributed by atoms with Crippen molar-refractivity contribution in [3.63, 3.8) is 0 Å². The van der Waals surface area contributed by atoms with E-state index in [1.54, 1.807) is 7.11 Å². The molecular weight excluding hydrogens is 713 g/mol. The van der Waals surface area contributed by atoms with Crippen LogP contribution >= 0.6 is 0 Å². The number of rotatable bonds is 6. The zero-order valence-corrected chi connectivity index (χ0v) is 33.3. The van der Waals surface area contributed by atoms with Gasteiger partial charge in [0, 0.05) is 90.9 Å². The first kappa shape index (κ1) is 37.0. The van der Waals surface area contributed by atoms with Gasteiger partial charge in [-0.15, -0.1) is 0 Å². The maximum Gasteiger partial charge on any atom is 0.344 e. The number of methoxy groups -OCH3 is 3. The maximum atomic E-state index is 15.1. The second-order valence-electron chi connectivity index (χ2n) is 17.0. The van der Waals surface area contributed by atoms with E-state index in [1.807, 2.05) is 37.1 Å². The summed E-state index contributed by atoms with van der Waals surface area (Å²) in [5.41, 5.74) is 0.939. The number of aromatic nitrogens is 1. The predicted octanol–water partition coefficient (Wildman–Crippen LogP) is 4.36. The number of hydrogen-bond donors (Lipinski definition) is 2. The summed E-state index contributed by atoms with van der Waals surface area (Å²) >= 11 is 0. The van der Waals surface area contributed by atoms with Crippen LogP contribution in [0.25, 0.3) is 10.9 Å². The maximum absolute atomic E-state index is 15.1. The highest BCUT2D eigenvalue weighted by Gasteiger charge is 2.80. The third-order valence-electron chi connectivity index (χ3n) is 14.4. The van der Waals surface area contributed by atoms with Gasteiger partial charge in [-0.2, -0.15) is 0 Å². The fourth-order valence-electron chi connectivity index (χ4n) is 12.7. The lowest BCUT2D eigenvalue weighted by atomic mass is 9.47. The molecule has 2 unspecified atom stereocenters. The number of nitrogens with one attached hydrogen (secondary N) is 1. The lowest BCUT2D eigenvalue weighted by Crippen LogP contribution is -2.81. The summed E-state index contributed by atoms with van der Waals surface area (Å²) in [6, 6.07) is 11.1. The molecule has 1 aliphatic carbocycles. The van der Waals surface area contributed by atoms with E-state index in [9.17, 15) is 14.7 Å². The number of anilines is 1. The van der Waals surface area contributed by atoms with Crippen LogP contribution in [0.15, 0.2) is 60.2 Å². The zero-order chi connectivity index (χ0) is 39.5. The fraction of sp³-hybridized carbons (Fsp3) is 0.523. The van der Waals surface area contributed by atoms with Gasteiger partial charge in [-0.1, -0.05) is 48.9 Å². The van der Waals surface area contributed by atoms with Gasteiger partial charge in [-0.05, 0) is 61.9 Å². The fourth-order valence-corrected chi connectivity index (χ4v) is 12.7. The molecule has 9 rings (SSSR count). The van der Waals surface area contributed by atoms with Crippen molar-refractivity contribution in [1.29, 1.82) is 0 Å².